The Kier molecular flexibility index (Phi) is 3.25. The Bertz CT molecular complexity index is 171. The van der Waals surface area contributed by atoms with Gasteiger partial charge in [-0.05, 0) is 51.1 Å². The first-order valence-electron chi connectivity index (χ1n) is 3.50. The van der Waals surface area contributed by atoms with Gasteiger partial charge in [0.2, 0.25) is 9.39 Å². The second kappa shape index (κ2) is 3.81. The van der Waals surface area contributed by atoms with Gasteiger partial charge in [-0.25, -0.2) is 0 Å². The molecule has 0 aliphatic heterocycles. The molecule has 4 heteroatoms. The van der Waals surface area contributed by atoms with E-state index in [0.717, 1.165) is 12.8 Å². The lowest BCUT2D eigenvalue weighted by Gasteiger charge is -2.01. The molecule has 0 saturated heterocycles. The minimum Gasteiger partial charge on any atom is -0.286 e. The molecule has 0 aromatic carbocycles. The molecular weight excluding hydrogens is 276 g/mol. The van der Waals surface area contributed by atoms with Gasteiger partial charge in [0, 0.05) is 11.8 Å². The molecule has 2 unspecified atom stereocenters. The number of hydrogen-bond acceptors (Lipinski definition) is 2. The van der Waals surface area contributed by atoms with E-state index >= 15 is 0 Å². The Labute approximate surface area is 82.0 Å². The third-order valence-corrected chi connectivity index (χ3v) is 3.37. The topological polar surface area (TPSA) is 34.1 Å². The first-order chi connectivity index (χ1) is 5.11. The van der Waals surface area contributed by atoms with Gasteiger partial charge in [0.05, 0.1) is 0 Å². The van der Waals surface area contributed by atoms with Gasteiger partial charge in [-0.15, -0.1) is 0 Å². The molecule has 1 aliphatic rings. The van der Waals surface area contributed by atoms with Crippen LogP contribution in [0, 0.1) is 11.8 Å². The van der Waals surface area contributed by atoms with Crippen molar-refractivity contribution >= 4 is 41.2 Å². The summed E-state index contributed by atoms with van der Waals surface area (Å²) in [7, 11) is 0. The number of carbonyl (C=O) groups is 2. The van der Waals surface area contributed by atoms with Crippen LogP contribution in [0.2, 0.25) is 0 Å². The Balaban J connectivity index is 2.47. The predicted octanol–water partition coefficient (Wildman–Crippen LogP) is 2.25. The number of rotatable bonds is 2. The van der Waals surface area contributed by atoms with Crippen molar-refractivity contribution in [2.24, 2.45) is 11.8 Å². The van der Waals surface area contributed by atoms with Crippen molar-refractivity contribution in [3.05, 3.63) is 0 Å². The van der Waals surface area contributed by atoms with Crippen molar-refractivity contribution in [3.63, 3.8) is 0 Å². The van der Waals surface area contributed by atoms with E-state index in [0.29, 0.717) is 6.42 Å². The summed E-state index contributed by atoms with van der Waals surface area (Å²) >= 11 is 5.82. The van der Waals surface area contributed by atoms with Gasteiger partial charge in [0.15, 0.2) is 0 Å². The van der Waals surface area contributed by atoms with E-state index in [1.54, 1.807) is 0 Å². The average Bonchev–Trinajstić information content (AvgIpc) is 2.33. The molecule has 62 valence electrons. The van der Waals surface area contributed by atoms with Gasteiger partial charge in [-0.2, -0.15) is 0 Å². The fraction of sp³-hybridized carbons (Fsp3) is 0.714. The van der Waals surface area contributed by atoms with E-state index < -0.39 is 0 Å². The van der Waals surface area contributed by atoms with Crippen LogP contribution in [0.4, 0.5) is 0 Å². The molecule has 0 spiro atoms. The van der Waals surface area contributed by atoms with E-state index in [9.17, 15) is 9.59 Å². The normalized spacial score (nSPS) is 30.4. The Morgan fingerprint density at radius 3 is 1.55 bits per heavy atom. The van der Waals surface area contributed by atoms with Gasteiger partial charge in [0.25, 0.3) is 0 Å². The van der Waals surface area contributed by atoms with Crippen molar-refractivity contribution in [1.82, 2.24) is 0 Å². The summed E-state index contributed by atoms with van der Waals surface area (Å²) in [6.07, 6.45) is 2.38. The lowest BCUT2D eigenvalue weighted by molar-refractivity contribution is -0.114. The van der Waals surface area contributed by atoms with Crippen molar-refractivity contribution in [1.29, 1.82) is 0 Å². The summed E-state index contributed by atoms with van der Waals surface area (Å²) in [6.45, 7) is 0. The average molecular weight is 284 g/mol. The molecule has 0 heterocycles. The highest BCUT2D eigenvalue weighted by Gasteiger charge is 2.31. The van der Waals surface area contributed by atoms with Crippen LogP contribution >= 0.6 is 31.9 Å². The Morgan fingerprint density at radius 2 is 1.36 bits per heavy atom. The smallest absolute Gasteiger partial charge is 0.200 e. The number of carbonyl (C=O) groups excluding carboxylic acids is 2. The molecule has 1 fully saturated rings. The fourth-order valence-electron chi connectivity index (χ4n) is 1.39. The lowest BCUT2D eigenvalue weighted by Crippen LogP contribution is -2.06. The molecule has 2 nitrogen and oxygen atoms in total. The molecule has 1 saturated carbocycles. The van der Waals surface area contributed by atoms with E-state index in [2.05, 4.69) is 31.9 Å². The highest BCUT2D eigenvalue weighted by Crippen LogP contribution is 2.34. The van der Waals surface area contributed by atoms with E-state index in [1.807, 2.05) is 0 Å². The first-order valence-corrected chi connectivity index (χ1v) is 5.08. The van der Waals surface area contributed by atoms with Gasteiger partial charge in [-0.1, -0.05) is 0 Å². The Hall–Kier alpha value is 0.300. The van der Waals surface area contributed by atoms with Crippen LogP contribution < -0.4 is 0 Å². The monoisotopic (exact) mass is 282 g/mol. The van der Waals surface area contributed by atoms with E-state index in [-0.39, 0.29) is 21.2 Å². The maximum atomic E-state index is 10.8. The largest absolute Gasteiger partial charge is 0.286 e. The van der Waals surface area contributed by atoms with Crippen LogP contribution in [0.3, 0.4) is 0 Å². The maximum Gasteiger partial charge on any atom is 0.200 e. The van der Waals surface area contributed by atoms with Gasteiger partial charge >= 0.3 is 0 Å². The summed E-state index contributed by atoms with van der Waals surface area (Å²) in [5.74, 6) is 0.114. The quantitative estimate of drug-likeness (QED) is 0.729. The molecule has 0 bridgehead atoms. The highest BCUT2D eigenvalue weighted by molar-refractivity contribution is 9.18. The van der Waals surface area contributed by atoms with Crippen LogP contribution in [0.25, 0.3) is 0 Å². The van der Waals surface area contributed by atoms with Crippen molar-refractivity contribution in [2.45, 2.75) is 19.3 Å². The molecule has 0 amide bonds. The highest BCUT2D eigenvalue weighted by atomic mass is 79.9. The van der Waals surface area contributed by atoms with Crippen molar-refractivity contribution in [3.8, 4) is 0 Å². The third-order valence-electron chi connectivity index (χ3n) is 2.07. The maximum absolute atomic E-state index is 10.8. The van der Waals surface area contributed by atoms with Gasteiger partial charge < -0.3 is 0 Å². The minimum absolute atomic E-state index is 0.0359. The molecule has 1 rings (SSSR count). The zero-order valence-electron chi connectivity index (χ0n) is 5.85. The standard InChI is InChI=1S/C7H8Br2O2/c8-6(10)4-1-2-5(3-4)7(9)11/h4-5H,1-3H2. The lowest BCUT2D eigenvalue weighted by atomic mass is 10.1. The summed E-state index contributed by atoms with van der Waals surface area (Å²) < 4.78 is 0.0718. The predicted molar refractivity (Wildman–Crippen MR) is 48.7 cm³/mol. The summed E-state index contributed by atoms with van der Waals surface area (Å²) in [5, 5.41) is 0. The Morgan fingerprint density at radius 1 is 1.00 bits per heavy atom. The summed E-state index contributed by atoms with van der Waals surface area (Å²) in [4.78, 5) is 21.6. The number of hydrogen-bond donors (Lipinski definition) is 0. The minimum atomic E-state index is 0.0359. The van der Waals surface area contributed by atoms with Crippen LogP contribution in [0.1, 0.15) is 19.3 Å². The molecule has 2 atom stereocenters. The molecule has 0 radical (unpaired) electrons. The second-order valence-corrected chi connectivity index (χ2v) is 4.38. The van der Waals surface area contributed by atoms with Crippen LogP contribution in [0.15, 0.2) is 0 Å². The molecular formula is C7H8Br2O2. The first kappa shape index (κ1) is 9.39. The fourth-order valence-corrected chi connectivity index (χ4v) is 2.23. The van der Waals surface area contributed by atoms with Crippen LogP contribution in [-0.4, -0.2) is 9.39 Å². The molecule has 0 aromatic rings. The van der Waals surface area contributed by atoms with E-state index in [4.69, 9.17) is 0 Å². The van der Waals surface area contributed by atoms with Crippen LogP contribution in [-0.2, 0) is 9.59 Å². The van der Waals surface area contributed by atoms with E-state index in [1.165, 1.54) is 0 Å². The molecule has 11 heavy (non-hydrogen) atoms. The molecule has 0 N–H and O–H groups in total. The van der Waals surface area contributed by atoms with Crippen molar-refractivity contribution < 1.29 is 9.59 Å². The molecule has 1 aliphatic carbocycles. The van der Waals surface area contributed by atoms with Crippen molar-refractivity contribution in [2.75, 3.05) is 0 Å². The molecule has 0 aromatic heterocycles. The summed E-state index contributed by atoms with van der Waals surface area (Å²) in [6, 6.07) is 0. The van der Waals surface area contributed by atoms with Gasteiger partial charge in [0.1, 0.15) is 0 Å². The van der Waals surface area contributed by atoms with Crippen LogP contribution in [0.5, 0.6) is 0 Å². The van der Waals surface area contributed by atoms with Gasteiger partial charge in [-0.3, -0.25) is 9.59 Å². The second-order valence-electron chi connectivity index (χ2n) is 2.82. The third kappa shape index (κ3) is 2.37. The zero-order chi connectivity index (χ0) is 8.43. The number of halogens is 2. The SMILES string of the molecule is O=C(Br)C1CCC(C(=O)Br)C1. The summed E-state index contributed by atoms with van der Waals surface area (Å²) in [5.41, 5.74) is 0. The zero-order valence-corrected chi connectivity index (χ0v) is 9.02.